The number of hydrogen-bond donors (Lipinski definition) is 1. The van der Waals surface area contributed by atoms with E-state index in [4.69, 9.17) is 4.74 Å². The van der Waals surface area contributed by atoms with E-state index in [0.29, 0.717) is 6.04 Å². The average Bonchev–Trinajstić information content (AvgIpc) is 2.41. The van der Waals surface area contributed by atoms with Crippen LogP contribution in [-0.4, -0.2) is 19.2 Å². The van der Waals surface area contributed by atoms with Gasteiger partial charge in [-0.2, -0.15) is 0 Å². The molecule has 2 rings (SSSR count). The van der Waals surface area contributed by atoms with Gasteiger partial charge in [-0.05, 0) is 56.5 Å². The number of benzene rings is 1. The largest absolute Gasteiger partial charge is 0.489 e. The van der Waals surface area contributed by atoms with E-state index in [-0.39, 0.29) is 11.9 Å². The fourth-order valence-electron chi connectivity index (χ4n) is 2.73. The number of rotatable bonds is 4. The number of hydrogen-bond acceptors (Lipinski definition) is 2. The Hall–Kier alpha value is -1.09. The lowest BCUT2D eigenvalue weighted by Gasteiger charge is -2.35. The lowest BCUT2D eigenvalue weighted by Crippen LogP contribution is -2.45. The molecule has 1 saturated carbocycles. The van der Waals surface area contributed by atoms with Crippen LogP contribution in [-0.2, 0) is 0 Å². The molecule has 1 fully saturated rings. The normalized spacial score (nSPS) is 28.1. The van der Waals surface area contributed by atoms with Gasteiger partial charge in [0.15, 0.2) is 0 Å². The van der Waals surface area contributed by atoms with E-state index in [1.165, 1.54) is 25.0 Å². The maximum atomic E-state index is 12.9. The smallest absolute Gasteiger partial charge is 0.123 e. The molecule has 3 atom stereocenters. The minimum Gasteiger partial charge on any atom is -0.489 e. The summed E-state index contributed by atoms with van der Waals surface area (Å²) in [5.74, 6) is 1.29. The highest BCUT2D eigenvalue weighted by Crippen LogP contribution is 2.29. The summed E-state index contributed by atoms with van der Waals surface area (Å²) in [6.45, 7) is 2.24. The van der Waals surface area contributed by atoms with E-state index in [9.17, 15) is 4.39 Å². The summed E-state index contributed by atoms with van der Waals surface area (Å²) >= 11 is 0. The van der Waals surface area contributed by atoms with Crippen molar-refractivity contribution in [3.63, 3.8) is 0 Å². The summed E-state index contributed by atoms with van der Waals surface area (Å²) < 4.78 is 18.9. The van der Waals surface area contributed by atoms with Crippen molar-refractivity contribution < 1.29 is 9.13 Å². The molecule has 0 amide bonds. The second-order valence-corrected chi connectivity index (χ2v) is 5.09. The van der Waals surface area contributed by atoms with Crippen molar-refractivity contribution >= 4 is 0 Å². The standard InChI is InChI=1S/C15H22FNO/c1-3-11-4-9-14(17-2)15(10-11)18-13-7-5-12(16)6-8-13/h5-8,11,14-15,17H,3-4,9-10H2,1-2H3. The van der Waals surface area contributed by atoms with E-state index in [0.717, 1.165) is 24.5 Å². The predicted molar refractivity (Wildman–Crippen MR) is 71.3 cm³/mol. The van der Waals surface area contributed by atoms with Gasteiger partial charge in [-0.25, -0.2) is 4.39 Å². The summed E-state index contributed by atoms with van der Waals surface area (Å²) in [6.07, 6.45) is 4.91. The zero-order chi connectivity index (χ0) is 13.0. The lowest BCUT2D eigenvalue weighted by atomic mass is 9.82. The Balaban J connectivity index is 2.02. The van der Waals surface area contributed by atoms with Crippen molar-refractivity contribution in [2.45, 2.75) is 44.8 Å². The van der Waals surface area contributed by atoms with Crippen LogP contribution < -0.4 is 10.1 Å². The van der Waals surface area contributed by atoms with Crippen molar-refractivity contribution in [1.29, 1.82) is 0 Å². The lowest BCUT2D eigenvalue weighted by molar-refractivity contribution is 0.0882. The van der Waals surface area contributed by atoms with E-state index < -0.39 is 0 Å². The van der Waals surface area contributed by atoms with Crippen LogP contribution in [0.3, 0.4) is 0 Å². The Bertz CT molecular complexity index is 365. The highest BCUT2D eigenvalue weighted by molar-refractivity contribution is 5.22. The molecule has 100 valence electrons. The molecule has 0 spiro atoms. The van der Waals surface area contributed by atoms with Crippen LogP contribution in [0.1, 0.15) is 32.6 Å². The molecule has 1 N–H and O–H groups in total. The highest BCUT2D eigenvalue weighted by atomic mass is 19.1. The van der Waals surface area contributed by atoms with Gasteiger partial charge in [0.1, 0.15) is 17.7 Å². The molecule has 0 saturated heterocycles. The van der Waals surface area contributed by atoms with Crippen LogP contribution >= 0.6 is 0 Å². The number of ether oxygens (including phenoxy) is 1. The van der Waals surface area contributed by atoms with Crippen molar-refractivity contribution in [3.05, 3.63) is 30.1 Å². The first-order chi connectivity index (χ1) is 8.72. The van der Waals surface area contributed by atoms with Crippen LogP contribution in [0, 0.1) is 11.7 Å². The summed E-state index contributed by atoms with van der Waals surface area (Å²) in [6, 6.07) is 6.71. The SMILES string of the molecule is CCC1CCC(NC)C(Oc2ccc(F)cc2)C1. The van der Waals surface area contributed by atoms with Crippen LogP contribution in [0.25, 0.3) is 0 Å². The van der Waals surface area contributed by atoms with Crippen LogP contribution in [0.4, 0.5) is 4.39 Å². The first-order valence-corrected chi connectivity index (χ1v) is 6.82. The third kappa shape index (κ3) is 3.22. The second-order valence-electron chi connectivity index (χ2n) is 5.09. The zero-order valence-corrected chi connectivity index (χ0v) is 11.2. The van der Waals surface area contributed by atoms with Gasteiger partial charge >= 0.3 is 0 Å². The molecule has 1 aliphatic carbocycles. The molecule has 0 aromatic heterocycles. The van der Waals surface area contributed by atoms with E-state index in [1.807, 2.05) is 7.05 Å². The van der Waals surface area contributed by atoms with Gasteiger partial charge in [-0.1, -0.05) is 13.3 Å². The van der Waals surface area contributed by atoms with Gasteiger partial charge in [-0.3, -0.25) is 0 Å². The van der Waals surface area contributed by atoms with Crippen LogP contribution in [0.2, 0.25) is 0 Å². The second kappa shape index (κ2) is 6.19. The number of likely N-dealkylation sites (N-methyl/N-ethyl adjacent to an activating group) is 1. The fraction of sp³-hybridized carbons (Fsp3) is 0.600. The fourth-order valence-corrected chi connectivity index (χ4v) is 2.73. The van der Waals surface area contributed by atoms with Gasteiger partial charge in [0.25, 0.3) is 0 Å². The molecule has 1 aromatic rings. The van der Waals surface area contributed by atoms with Crippen LogP contribution in [0.15, 0.2) is 24.3 Å². The Morgan fingerprint density at radius 3 is 2.61 bits per heavy atom. The summed E-state index contributed by atoms with van der Waals surface area (Å²) in [7, 11) is 1.98. The minimum absolute atomic E-state index is 0.194. The monoisotopic (exact) mass is 251 g/mol. The van der Waals surface area contributed by atoms with Crippen molar-refractivity contribution in [2.75, 3.05) is 7.05 Å². The highest BCUT2D eigenvalue weighted by Gasteiger charge is 2.30. The first-order valence-electron chi connectivity index (χ1n) is 6.82. The Morgan fingerprint density at radius 1 is 1.28 bits per heavy atom. The molecule has 0 heterocycles. The molecular formula is C15H22FNO. The van der Waals surface area contributed by atoms with Gasteiger partial charge < -0.3 is 10.1 Å². The predicted octanol–water partition coefficient (Wildman–Crippen LogP) is 3.37. The van der Waals surface area contributed by atoms with Gasteiger partial charge in [0.2, 0.25) is 0 Å². The topological polar surface area (TPSA) is 21.3 Å². The zero-order valence-electron chi connectivity index (χ0n) is 11.2. The first kappa shape index (κ1) is 13.3. The summed E-state index contributed by atoms with van der Waals surface area (Å²) in [5, 5.41) is 3.33. The number of halogens is 1. The molecule has 2 nitrogen and oxygen atoms in total. The average molecular weight is 251 g/mol. The maximum absolute atomic E-state index is 12.9. The molecule has 3 heteroatoms. The third-order valence-electron chi connectivity index (χ3n) is 3.95. The van der Waals surface area contributed by atoms with Crippen molar-refractivity contribution in [1.82, 2.24) is 5.32 Å². The Labute approximate surface area is 109 Å². The van der Waals surface area contributed by atoms with Gasteiger partial charge in [0.05, 0.1) is 0 Å². The molecule has 3 unspecified atom stereocenters. The van der Waals surface area contributed by atoms with E-state index in [2.05, 4.69) is 12.2 Å². The maximum Gasteiger partial charge on any atom is 0.123 e. The van der Waals surface area contributed by atoms with Crippen molar-refractivity contribution in [3.8, 4) is 5.75 Å². The molecule has 0 radical (unpaired) electrons. The third-order valence-corrected chi connectivity index (χ3v) is 3.95. The molecule has 1 aromatic carbocycles. The number of nitrogens with one attached hydrogen (secondary N) is 1. The molecule has 0 bridgehead atoms. The van der Waals surface area contributed by atoms with Gasteiger partial charge in [0, 0.05) is 6.04 Å². The minimum atomic E-state index is -0.220. The van der Waals surface area contributed by atoms with Crippen LogP contribution in [0.5, 0.6) is 5.75 Å². The van der Waals surface area contributed by atoms with E-state index >= 15 is 0 Å². The molecule has 1 aliphatic rings. The Morgan fingerprint density at radius 2 is 2.00 bits per heavy atom. The summed E-state index contributed by atoms with van der Waals surface area (Å²) in [5.41, 5.74) is 0. The Kier molecular flexibility index (Phi) is 4.59. The van der Waals surface area contributed by atoms with Crippen molar-refractivity contribution in [2.24, 2.45) is 5.92 Å². The molecule has 18 heavy (non-hydrogen) atoms. The quantitative estimate of drug-likeness (QED) is 0.886. The molecular weight excluding hydrogens is 229 g/mol. The molecule has 0 aliphatic heterocycles. The summed E-state index contributed by atoms with van der Waals surface area (Å²) in [4.78, 5) is 0. The van der Waals surface area contributed by atoms with E-state index in [1.54, 1.807) is 12.1 Å². The van der Waals surface area contributed by atoms with Gasteiger partial charge in [-0.15, -0.1) is 0 Å².